The van der Waals surface area contributed by atoms with Gasteiger partial charge in [0.1, 0.15) is 5.82 Å². The number of anilines is 1. The van der Waals surface area contributed by atoms with Crippen LogP contribution in [0.15, 0.2) is 16.7 Å². The molecule has 1 atom stereocenters. The van der Waals surface area contributed by atoms with Crippen LogP contribution < -0.4 is 5.32 Å². The van der Waals surface area contributed by atoms with Crippen molar-refractivity contribution in [2.75, 3.05) is 11.9 Å². The summed E-state index contributed by atoms with van der Waals surface area (Å²) in [5.41, 5.74) is 1.15. The average molecular weight is 292 g/mol. The minimum atomic E-state index is 0.251. The summed E-state index contributed by atoms with van der Waals surface area (Å²) >= 11 is 9.34. The molecule has 0 spiro atoms. The van der Waals surface area contributed by atoms with Crippen molar-refractivity contribution in [3.8, 4) is 0 Å². The number of aryl methyl sites for hydroxylation is 1. The predicted octanol–water partition coefficient (Wildman–Crippen LogP) is 3.97. The molecule has 1 rings (SSSR count). The number of alkyl halides is 1. The van der Waals surface area contributed by atoms with Gasteiger partial charge in [-0.05, 0) is 54.2 Å². The molecule has 0 aliphatic carbocycles. The first-order valence-corrected chi connectivity index (χ1v) is 6.32. The number of nitrogens with one attached hydrogen (secondary N) is 1. The van der Waals surface area contributed by atoms with Crippen molar-refractivity contribution in [1.82, 2.24) is 4.98 Å². The molecule has 0 aliphatic heterocycles. The summed E-state index contributed by atoms with van der Waals surface area (Å²) in [7, 11) is 0. The zero-order chi connectivity index (χ0) is 11.3. The molecule has 0 saturated heterocycles. The van der Waals surface area contributed by atoms with E-state index in [0.717, 1.165) is 35.2 Å². The molecule has 15 heavy (non-hydrogen) atoms. The molecule has 0 bridgehead atoms. The van der Waals surface area contributed by atoms with E-state index in [4.69, 9.17) is 11.6 Å². The second-order valence-corrected chi connectivity index (χ2v) is 5.29. The fourth-order valence-electron chi connectivity index (χ4n) is 1.25. The normalized spacial score (nSPS) is 12.5. The van der Waals surface area contributed by atoms with E-state index < -0.39 is 0 Å². The highest BCUT2D eigenvalue weighted by Crippen LogP contribution is 2.20. The molecule has 0 saturated carbocycles. The predicted molar refractivity (Wildman–Crippen MR) is 69.7 cm³/mol. The quantitative estimate of drug-likeness (QED) is 0.656. The number of hydrogen-bond donors (Lipinski definition) is 1. The highest BCUT2D eigenvalue weighted by Gasteiger charge is 2.01. The van der Waals surface area contributed by atoms with Gasteiger partial charge >= 0.3 is 0 Å². The van der Waals surface area contributed by atoms with E-state index in [1.54, 1.807) is 0 Å². The monoisotopic (exact) mass is 290 g/mol. The van der Waals surface area contributed by atoms with Crippen LogP contribution in [0.3, 0.4) is 0 Å². The van der Waals surface area contributed by atoms with Gasteiger partial charge in [0.05, 0.1) is 4.47 Å². The van der Waals surface area contributed by atoms with E-state index in [9.17, 15) is 0 Å². The summed E-state index contributed by atoms with van der Waals surface area (Å²) in [6.45, 7) is 4.95. The highest BCUT2D eigenvalue weighted by molar-refractivity contribution is 9.10. The van der Waals surface area contributed by atoms with Crippen LogP contribution >= 0.6 is 27.5 Å². The van der Waals surface area contributed by atoms with E-state index in [2.05, 4.69) is 32.3 Å². The molecular formula is C11H16BrClN2. The lowest BCUT2D eigenvalue weighted by atomic mass is 10.2. The van der Waals surface area contributed by atoms with Gasteiger partial charge in [0.2, 0.25) is 0 Å². The summed E-state index contributed by atoms with van der Waals surface area (Å²) < 4.78 is 1.02. The number of hydrogen-bond acceptors (Lipinski definition) is 2. The summed E-state index contributed by atoms with van der Waals surface area (Å²) in [4.78, 5) is 4.30. The van der Waals surface area contributed by atoms with Crippen molar-refractivity contribution in [3.05, 3.63) is 22.3 Å². The van der Waals surface area contributed by atoms with Crippen molar-refractivity contribution in [3.63, 3.8) is 0 Å². The first kappa shape index (κ1) is 12.8. The summed E-state index contributed by atoms with van der Waals surface area (Å²) in [5, 5.41) is 3.53. The fourth-order valence-corrected chi connectivity index (χ4v) is 2.01. The second kappa shape index (κ2) is 6.33. The molecule has 4 heteroatoms. The topological polar surface area (TPSA) is 24.9 Å². The highest BCUT2D eigenvalue weighted by atomic mass is 79.9. The van der Waals surface area contributed by atoms with Gasteiger partial charge in [0, 0.05) is 18.1 Å². The number of aromatic nitrogens is 1. The average Bonchev–Trinajstić information content (AvgIpc) is 2.14. The maximum absolute atomic E-state index is 5.86. The molecule has 0 radical (unpaired) electrons. The summed E-state index contributed by atoms with van der Waals surface area (Å²) in [6, 6.07) is 2.06. The molecule has 1 aromatic rings. The van der Waals surface area contributed by atoms with E-state index >= 15 is 0 Å². The molecule has 1 heterocycles. The van der Waals surface area contributed by atoms with E-state index in [1.807, 2.05) is 20.0 Å². The first-order chi connectivity index (χ1) is 7.09. The molecule has 84 valence electrons. The molecule has 1 N–H and O–H groups in total. The van der Waals surface area contributed by atoms with Crippen LogP contribution in [0.1, 0.15) is 25.3 Å². The van der Waals surface area contributed by atoms with Gasteiger partial charge in [-0.2, -0.15) is 0 Å². The minimum Gasteiger partial charge on any atom is -0.369 e. The third-order valence-electron chi connectivity index (χ3n) is 2.05. The number of pyridine rings is 1. The lowest BCUT2D eigenvalue weighted by Gasteiger charge is -2.08. The van der Waals surface area contributed by atoms with Gasteiger partial charge in [-0.1, -0.05) is 0 Å². The van der Waals surface area contributed by atoms with Crippen LogP contribution in [-0.2, 0) is 0 Å². The Balaban J connectivity index is 2.37. The maximum Gasteiger partial charge on any atom is 0.140 e. The van der Waals surface area contributed by atoms with Crippen molar-refractivity contribution < 1.29 is 0 Å². The van der Waals surface area contributed by atoms with Crippen LogP contribution in [0, 0.1) is 6.92 Å². The van der Waals surface area contributed by atoms with Crippen LogP contribution in [0.25, 0.3) is 0 Å². The Hall–Kier alpha value is -0.280. The Morgan fingerprint density at radius 2 is 2.33 bits per heavy atom. The van der Waals surface area contributed by atoms with Crippen LogP contribution in [0.4, 0.5) is 5.82 Å². The van der Waals surface area contributed by atoms with Gasteiger partial charge in [-0.25, -0.2) is 4.98 Å². The van der Waals surface area contributed by atoms with E-state index in [0.29, 0.717) is 0 Å². The number of rotatable bonds is 5. The number of nitrogens with zero attached hydrogens (tertiary/aromatic N) is 1. The SMILES string of the molecule is Cc1cnc(NCCCC(C)Cl)c(Br)c1. The molecule has 1 unspecified atom stereocenters. The molecule has 1 aromatic heterocycles. The van der Waals surface area contributed by atoms with Crippen LogP contribution in [0.5, 0.6) is 0 Å². The zero-order valence-electron chi connectivity index (χ0n) is 9.06. The molecule has 0 amide bonds. The molecule has 0 aromatic carbocycles. The van der Waals surface area contributed by atoms with Gasteiger partial charge in [-0.3, -0.25) is 0 Å². The van der Waals surface area contributed by atoms with Crippen molar-refractivity contribution in [1.29, 1.82) is 0 Å². The Labute approximate surface area is 105 Å². The third-order valence-corrected chi connectivity index (χ3v) is 2.87. The van der Waals surface area contributed by atoms with Crippen molar-refractivity contribution >= 4 is 33.3 Å². The Morgan fingerprint density at radius 1 is 1.60 bits per heavy atom. The summed E-state index contributed by atoms with van der Waals surface area (Å²) in [6.07, 6.45) is 3.95. The maximum atomic E-state index is 5.86. The lowest BCUT2D eigenvalue weighted by molar-refractivity contribution is 0.749. The van der Waals surface area contributed by atoms with Gasteiger partial charge in [0.25, 0.3) is 0 Å². The molecule has 0 fully saturated rings. The molecule has 2 nitrogen and oxygen atoms in total. The number of halogens is 2. The van der Waals surface area contributed by atoms with Crippen molar-refractivity contribution in [2.24, 2.45) is 0 Å². The Kier molecular flexibility index (Phi) is 5.40. The van der Waals surface area contributed by atoms with Gasteiger partial charge < -0.3 is 5.32 Å². The largest absolute Gasteiger partial charge is 0.369 e. The fraction of sp³-hybridized carbons (Fsp3) is 0.545. The molecular weight excluding hydrogens is 275 g/mol. The van der Waals surface area contributed by atoms with Gasteiger partial charge in [-0.15, -0.1) is 11.6 Å². The Bertz CT molecular complexity index is 315. The standard InChI is InChI=1S/C11H16BrClN2/c1-8-6-10(12)11(15-7-8)14-5-3-4-9(2)13/h6-7,9H,3-5H2,1-2H3,(H,14,15). The third kappa shape index (κ3) is 4.85. The van der Waals surface area contributed by atoms with E-state index in [-0.39, 0.29) is 5.38 Å². The van der Waals surface area contributed by atoms with Gasteiger partial charge in [0.15, 0.2) is 0 Å². The molecule has 0 aliphatic rings. The zero-order valence-corrected chi connectivity index (χ0v) is 11.4. The second-order valence-electron chi connectivity index (χ2n) is 3.69. The van der Waals surface area contributed by atoms with E-state index in [1.165, 1.54) is 0 Å². The smallest absolute Gasteiger partial charge is 0.140 e. The van der Waals surface area contributed by atoms with Crippen molar-refractivity contribution in [2.45, 2.75) is 32.1 Å². The van der Waals surface area contributed by atoms with Crippen LogP contribution in [-0.4, -0.2) is 16.9 Å². The van der Waals surface area contributed by atoms with Crippen LogP contribution in [0.2, 0.25) is 0 Å². The minimum absolute atomic E-state index is 0.251. The lowest BCUT2D eigenvalue weighted by Crippen LogP contribution is -2.05. The summed E-state index contributed by atoms with van der Waals surface area (Å²) in [5.74, 6) is 0.905. The first-order valence-electron chi connectivity index (χ1n) is 5.09. The Morgan fingerprint density at radius 3 is 2.93 bits per heavy atom.